The molecule has 1 unspecified atom stereocenters. The van der Waals surface area contributed by atoms with E-state index < -0.39 is 0 Å². The van der Waals surface area contributed by atoms with Gasteiger partial charge in [-0.05, 0) is 49.8 Å². The monoisotopic (exact) mass is 273 g/mol. The second-order valence-corrected chi connectivity index (χ2v) is 6.04. The van der Waals surface area contributed by atoms with Gasteiger partial charge in [-0.1, -0.05) is 0 Å². The van der Waals surface area contributed by atoms with E-state index in [1.54, 1.807) is 0 Å². The van der Waals surface area contributed by atoms with Crippen LogP contribution in [0.25, 0.3) is 11.0 Å². The molecule has 4 nitrogen and oxygen atoms in total. The molecule has 0 radical (unpaired) electrons. The van der Waals surface area contributed by atoms with Crippen molar-refractivity contribution in [3.05, 3.63) is 23.8 Å². The van der Waals surface area contributed by atoms with Gasteiger partial charge >= 0.3 is 0 Å². The number of aromatic nitrogens is 2. The molecule has 98 valence electrons. The first-order valence-corrected chi connectivity index (χ1v) is 7.59. The smallest absolute Gasteiger partial charge is 0.254 e. The van der Waals surface area contributed by atoms with Gasteiger partial charge in [0.1, 0.15) is 11.0 Å². The van der Waals surface area contributed by atoms with Crippen molar-refractivity contribution in [3.63, 3.8) is 0 Å². The average molecular weight is 273 g/mol. The van der Waals surface area contributed by atoms with Crippen LogP contribution < -0.4 is 0 Å². The lowest BCUT2D eigenvalue weighted by atomic mass is 10.1. The number of carbonyl (C=O) groups is 1. The van der Waals surface area contributed by atoms with E-state index in [2.05, 4.69) is 13.6 Å². The number of nitrogens with zero attached hydrogens (tertiary/aromatic N) is 3. The van der Waals surface area contributed by atoms with Crippen LogP contribution in [0.3, 0.4) is 0 Å². The van der Waals surface area contributed by atoms with Gasteiger partial charge in [0.2, 0.25) is 0 Å². The van der Waals surface area contributed by atoms with Crippen LogP contribution in [0.1, 0.15) is 36.0 Å². The highest BCUT2D eigenvalue weighted by molar-refractivity contribution is 7.00. The summed E-state index contributed by atoms with van der Waals surface area (Å²) in [6, 6.07) is 6.14. The van der Waals surface area contributed by atoms with Crippen molar-refractivity contribution in [2.75, 3.05) is 6.54 Å². The minimum atomic E-state index is 0.171. The third-order valence-electron chi connectivity index (χ3n) is 4.23. The number of hydrogen-bond donors (Lipinski definition) is 0. The lowest BCUT2D eigenvalue weighted by Gasteiger charge is -2.24. The summed E-state index contributed by atoms with van der Waals surface area (Å²) in [6.07, 6.45) is 4.91. The van der Waals surface area contributed by atoms with Gasteiger partial charge in [0.05, 0.1) is 11.7 Å². The summed E-state index contributed by atoms with van der Waals surface area (Å²) < 4.78 is 8.39. The molecule has 1 aromatic carbocycles. The van der Waals surface area contributed by atoms with Gasteiger partial charge in [0, 0.05) is 18.2 Å². The maximum absolute atomic E-state index is 12.6. The van der Waals surface area contributed by atoms with E-state index in [-0.39, 0.29) is 5.91 Å². The molecule has 5 heteroatoms. The minimum Gasteiger partial charge on any atom is -0.335 e. The zero-order chi connectivity index (χ0) is 12.8. The molecule has 0 N–H and O–H groups in total. The average Bonchev–Trinajstić information content (AvgIpc) is 3.00. The summed E-state index contributed by atoms with van der Waals surface area (Å²) in [5.74, 6) is 0.931. The van der Waals surface area contributed by atoms with Gasteiger partial charge in [0.15, 0.2) is 0 Å². The van der Waals surface area contributed by atoms with Crippen molar-refractivity contribution in [1.82, 2.24) is 13.6 Å². The summed E-state index contributed by atoms with van der Waals surface area (Å²) in [4.78, 5) is 14.7. The van der Waals surface area contributed by atoms with Crippen molar-refractivity contribution in [3.8, 4) is 0 Å². The third-order valence-corrected chi connectivity index (χ3v) is 4.78. The van der Waals surface area contributed by atoms with Crippen LogP contribution in [-0.4, -0.2) is 32.1 Å². The molecule has 1 amide bonds. The van der Waals surface area contributed by atoms with Crippen molar-refractivity contribution < 1.29 is 4.79 Å². The van der Waals surface area contributed by atoms with E-state index in [0.29, 0.717) is 6.04 Å². The van der Waals surface area contributed by atoms with Crippen LogP contribution in [0, 0.1) is 5.92 Å². The molecule has 0 bridgehead atoms. The Bertz CT molecular complexity index is 634. The van der Waals surface area contributed by atoms with E-state index in [0.717, 1.165) is 35.5 Å². The zero-order valence-corrected chi connectivity index (χ0v) is 11.4. The molecule has 2 fully saturated rings. The van der Waals surface area contributed by atoms with Crippen LogP contribution in [0.5, 0.6) is 0 Å². The van der Waals surface area contributed by atoms with E-state index in [9.17, 15) is 4.79 Å². The summed E-state index contributed by atoms with van der Waals surface area (Å²) in [7, 11) is 0. The molecule has 1 saturated carbocycles. The Morgan fingerprint density at radius 1 is 1.21 bits per heavy atom. The molecule has 1 aromatic heterocycles. The first-order chi connectivity index (χ1) is 9.33. The number of carbonyl (C=O) groups excluding carboxylic acids is 1. The first kappa shape index (κ1) is 11.3. The molecule has 1 saturated heterocycles. The quantitative estimate of drug-likeness (QED) is 0.845. The van der Waals surface area contributed by atoms with Crippen molar-refractivity contribution >= 4 is 28.7 Å². The van der Waals surface area contributed by atoms with E-state index in [4.69, 9.17) is 0 Å². The van der Waals surface area contributed by atoms with E-state index >= 15 is 0 Å². The normalized spacial score (nSPS) is 23.2. The molecule has 2 aromatic rings. The summed E-state index contributed by atoms with van der Waals surface area (Å²) in [5.41, 5.74) is 2.47. The Hall–Kier alpha value is -1.49. The third kappa shape index (κ3) is 1.92. The number of benzene rings is 1. The summed E-state index contributed by atoms with van der Waals surface area (Å²) in [5, 5.41) is 0. The Morgan fingerprint density at radius 2 is 2.05 bits per heavy atom. The Labute approximate surface area is 115 Å². The van der Waals surface area contributed by atoms with Gasteiger partial charge in [-0.3, -0.25) is 4.79 Å². The molecule has 0 spiro atoms. The second kappa shape index (κ2) is 4.27. The molecule has 2 heterocycles. The van der Waals surface area contributed by atoms with Crippen LogP contribution >= 0.6 is 11.7 Å². The molecule has 19 heavy (non-hydrogen) atoms. The molecule has 4 rings (SSSR count). The predicted molar refractivity (Wildman–Crippen MR) is 74.2 cm³/mol. The van der Waals surface area contributed by atoms with Gasteiger partial charge in [-0.15, -0.1) is 0 Å². The number of likely N-dealkylation sites (tertiary alicyclic amines) is 1. The molecule has 2 aliphatic rings. The molecule has 1 aliphatic carbocycles. The standard InChI is InChI=1S/C14H15N3OS/c18-14(17-7-1-2-13(17)9-3-4-9)10-5-6-11-12(8-10)16-19-15-11/h5-6,8-9,13H,1-4,7H2. The predicted octanol–water partition coefficient (Wildman–Crippen LogP) is 2.71. The number of fused-ring (bicyclic) bond motifs is 1. The summed E-state index contributed by atoms with van der Waals surface area (Å²) >= 11 is 1.20. The van der Waals surface area contributed by atoms with Crippen molar-refractivity contribution in [1.29, 1.82) is 0 Å². The molecular formula is C14H15N3OS. The Balaban J connectivity index is 1.64. The van der Waals surface area contributed by atoms with Gasteiger partial charge in [0.25, 0.3) is 5.91 Å². The SMILES string of the molecule is O=C(c1ccc2nsnc2c1)N1CCCC1C1CC1. The maximum Gasteiger partial charge on any atom is 0.254 e. The highest BCUT2D eigenvalue weighted by atomic mass is 32.1. The highest BCUT2D eigenvalue weighted by Gasteiger charge is 2.40. The number of amides is 1. The first-order valence-electron chi connectivity index (χ1n) is 6.86. The Kier molecular flexibility index (Phi) is 2.55. The summed E-state index contributed by atoms with van der Waals surface area (Å²) in [6.45, 7) is 0.910. The number of rotatable bonds is 2. The van der Waals surface area contributed by atoms with Crippen LogP contribution in [-0.2, 0) is 0 Å². The maximum atomic E-state index is 12.6. The van der Waals surface area contributed by atoms with Crippen molar-refractivity contribution in [2.24, 2.45) is 5.92 Å². The van der Waals surface area contributed by atoms with Gasteiger partial charge in [-0.25, -0.2) is 0 Å². The van der Waals surface area contributed by atoms with E-state index in [1.165, 1.54) is 31.0 Å². The minimum absolute atomic E-state index is 0.171. The topological polar surface area (TPSA) is 46.1 Å². The van der Waals surface area contributed by atoms with Crippen LogP contribution in [0.15, 0.2) is 18.2 Å². The fourth-order valence-corrected chi connectivity index (χ4v) is 3.61. The van der Waals surface area contributed by atoms with Crippen LogP contribution in [0.2, 0.25) is 0 Å². The fourth-order valence-electron chi connectivity index (χ4n) is 3.10. The Morgan fingerprint density at radius 3 is 2.89 bits per heavy atom. The van der Waals surface area contributed by atoms with Crippen LogP contribution in [0.4, 0.5) is 0 Å². The van der Waals surface area contributed by atoms with E-state index in [1.807, 2.05) is 18.2 Å². The molecular weight excluding hydrogens is 258 g/mol. The van der Waals surface area contributed by atoms with Gasteiger partial charge < -0.3 is 4.90 Å². The fraction of sp³-hybridized carbons (Fsp3) is 0.500. The molecule has 1 aliphatic heterocycles. The second-order valence-electron chi connectivity index (χ2n) is 5.51. The lowest BCUT2D eigenvalue weighted by Crippen LogP contribution is -2.36. The molecule has 1 atom stereocenters. The largest absolute Gasteiger partial charge is 0.335 e. The number of hydrogen-bond acceptors (Lipinski definition) is 4. The van der Waals surface area contributed by atoms with Gasteiger partial charge in [-0.2, -0.15) is 8.75 Å². The lowest BCUT2D eigenvalue weighted by molar-refractivity contribution is 0.0721. The zero-order valence-electron chi connectivity index (χ0n) is 10.6. The highest BCUT2D eigenvalue weighted by Crippen LogP contribution is 2.40. The van der Waals surface area contributed by atoms with Crippen molar-refractivity contribution in [2.45, 2.75) is 31.7 Å².